The minimum atomic E-state index is -3.70. The molecule has 0 amide bonds. The Morgan fingerprint density at radius 1 is 1.33 bits per heavy atom. The molecule has 10 heteroatoms. The second kappa shape index (κ2) is 6.41. The standard InChI is InChI=1S/C14H20N4O4S2/c1-4-22-13(19)11-5-7-17(8-6-11)24(20,21)12-9(2)15-14-18(12)16-10(3)23-14/h11H,4-8H2,1-3H3. The minimum Gasteiger partial charge on any atom is -0.466 e. The number of aryl methyl sites for hydroxylation is 2. The first kappa shape index (κ1) is 17.3. The number of nitrogens with zero attached hydrogens (tertiary/aromatic N) is 4. The van der Waals surface area contributed by atoms with Crippen LogP contribution < -0.4 is 0 Å². The Kier molecular flexibility index (Phi) is 4.63. The van der Waals surface area contributed by atoms with Crippen LogP contribution in [0, 0.1) is 19.8 Å². The van der Waals surface area contributed by atoms with E-state index in [2.05, 4.69) is 10.1 Å². The van der Waals surface area contributed by atoms with Gasteiger partial charge in [0.15, 0.2) is 5.03 Å². The fourth-order valence-electron chi connectivity index (χ4n) is 2.94. The van der Waals surface area contributed by atoms with Crippen LogP contribution in [0.5, 0.6) is 0 Å². The maximum atomic E-state index is 13.0. The van der Waals surface area contributed by atoms with Gasteiger partial charge in [-0.3, -0.25) is 4.79 Å². The Hall–Kier alpha value is -1.52. The molecule has 0 bridgehead atoms. The number of sulfonamides is 1. The summed E-state index contributed by atoms with van der Waals surface area (Å²) in [5.74, 6) is -0.475. The molecule has 0 saturated carbocycles. The molecule has 2 aromatic heterocycles. The van der Waals surface area contributed by atoms with Gasteiger partial charge in [0.2, 0.25) is 4.96 Å². The zero-order valence-electron chi connectivity index (χ0n) is 13.9. The van der Waals surface area contributed by atoms with E-state index in [1.807, 2.05) is 6.92 Å². The Balaban J connectivity index is 1.84. The SMILES string of the molecule is CCOC(=O)C1CCN(S(=O)(=O)c2c(C)nc3sc(C)nn23)CC1. The molecule has 1 fully saturated rings. The van der Waals surface area contributed by atoms with Crippen LogP contribution in [0.3, 0.4) is 0 Å². The first-order valence-electron chi connectivity index (χ1n) is 7.84. The van der Waals surface area contributed by atoms with Gasteiger partial charge in [0, 0.05) is 13.1 Å². The van der Waals surface area contributed by atoms with E-state index in [1.165, 1.54) is 20.2 Å². The molecule has 24 heavy (non-hydrogen) atoms. The zero-order valence-corrected chi connectivity index (χ0v) is 15.5. The van der Waals surface area contributed by atoms with Crippen molar-refractivity contribution in [3.8, 4) is 0 Å². The van der Waals surface area contributed by atoms with Crippen molar-refractivity contribution in [2.75, 3.05) is 19.7 Å². The lowest BCUT2D eigenvalue weighted by Gasteiger charge is -2.29. The number of piperidine rings is 1. The number of hydrogen-bond donors (Lipinski definition) is 0. The topological polar surface area (TPSA) is 93.9 Å². The summed E-state index contributed by atoms with van der Waals surface area (Å²) in [6, 6.07) is 0. The van der Waals surface area contributed by atoms with Crippen molar-refractivity contribution < 1.29 is 17.9 Å². The van der Waals surface area contributed by atoms with E-state index in [0.717, 1.165) is 5.01 Å². The summed E-state index contributed by atoms with van der Waals surface area (Å²) < 4.78 is 33.9. The fourth-order valence-corrected chi connectivity index (χ4v) is 5.48. The number of carbonyl (C=O) groups excluding carboxylic acids is 1. The second-order valence-corrected chi connectivity index (χ2v) is 8.76. The van der Waals surface area contributed by atoms with Crippen LogP contribution in [0.15, 0.2) is 5.03 Å². The van der Waals surface area contributed by atoms with Gasteiger partial charge in [-0.2, -0.15) is 13.9 Å². The summed E-state index contributed by atoms with van der Waals surface area (Å²) in [5.41, 5.74) is 0.446. The molecule has 3 rings (SSSR count). The normalized spacial score (nSPS) is 17.5. The molecule has 8 nitrogen and oxygen atoms in total. The lowest BCUT2D eigenvalue weighted by atomic mass is 9.98. The van der Waals surface area contributed by atoms with Crippen molar-refractivity contribution in [3.05, 3.63) is 10.7 Å². The highest BCUT2D eigenvalue weighted by Crippen LogP contribution is 2.28. The van der Waals surface area contributed by atoms with Gasteiger partial charge in [0.25, 0.3) is 10.0 Å². The van der Waals surface area contributed by atoms with E-state index in [0.29, 0.717) is 43.2 Å². The van der Waals surface area contributed by atoms with Crippen molar-refractivity contribution in [1.29, 1.82) is 0 Å². The van der Waals surface area contributed by atoms with Crippen molar-refractivity contribution in [2.24, 2.45) is 5.92 Å². The van der Waals surface area contributed by atoms with Crippen LogP contribution in [0.25, 0.3) is 4.96 Å². The van der Waals surface area contributed by atoms with Gasteiger partial charge in [-0.25, -0.2) is 13.4 Å². The smallest absolute Gasteiger partial charge is 0.309 e. The summed E-state index contributed by atoms with van der Waals surface area (Å²) in [7, 11) is -3.70. The Morgan fingerprint density at radius 2 is 2.00 bits per heavy atom. The number of aromatic nitrogens is 3. The van der Waals surface area contributed by atoms with Crippen LogP contribution in [-0.4, -0.2) is 53.0 Å². The van der Waals surface area contributed by atoms with E-state index in [1.54, 1.807) is 13.8 Å². The molecular weight excluding hydrogens is 352 g/mol. The third kappa shape index (κ3) is 2.93. The van der Waals surface area contributed by atoms with Gasteiger partial charge in [-0.1, -0.05) is 11.3 Å². The average molecular weight is 372 g/mol. The van der Waals surface area contributed by atoms with E-state index in [9.17, 15) is 13.2 Å². The van der Waals surface area contributed by atoms with Gasteiger partial charge < -0.3 is 4.74 Å². The molecule has 0 aromatic carbocycles. The molecule has 132 valence electrons. The number of carbonyl (C=O) groups is 1. The molecule has 0 unspecified atom stereocenters. The monoisotopic (exact) mass is 372 g/mol. The van der Waals surface area contributed by atoms with E-state index < -0.39 is 10.0 Å². The quantitative estimate of drug-likeness (QED) is 0.753. The Bertz CT molecular complexity index is 863. The van der Waals surface area contributed by atoms with Gasteiger partial charge in [0.05, 0.1) is 18.2 Å². The summed E-state index contributed by atoms with van der Waals surface area (Å²) in [5, 5.41) is 5.14. The predicted molar refractivity (Wildman–Crippen MR) is 88.5 cm³/mol. The maximum Gasteiger partial charge on any atom is 0.309 e. The number of fused-ring (bicyclic) bond motifs is 1. The van der Waals surface area contributed by atoms with E-state index >= 15 is 0 Å². The highest BCUT2D eigenvalue weighted by molar-refractivity contribution is 7.89. The molecule has 0 radical (unpaired) electrons. The molecule has 0 atom stereocenters. The van der Waals surface area contributed by atoms with Crippen LogP contribution >= 0.6 is 11.3 Å². The van der Waals surface area contributed by atoms with Crippen molar-refractivity contribution in [2.45, 2.75) is 38.6 Å². The molecule has 1 saturated heterocycles. The van der Waals surface area contributed by atoms with Crippen molar-refractivity contribution >= 4 is 32.3 Å². The van der Waals surface area contributed by atoms with E-state index in [-0.39, 0.29) is 16.9 Å². The van der Waals surface area contributed by atoms with Gasteiger partial charge in [-0.15, -0.1) is 0 Å². The van der Waals surface area contributed by atoms with Gasteiger partial charge in [-0.05, 0) is 33.6 Å². The summed E-state index contributed by atoms with van der Waals surface area (Å²) in [6.45, 7) is 6.18. The van der Waals surface area contributed by atoms with Crippen LogP contribution in [0.2, 0.25) is 0 Å². The van der Waals surface area contributed by atoms with Gasteiger partial charge >= 0.3 is 5.97 Å². The van der Waals surface area contributed by atoms with Crippen LogP contribution in [0.4, 0.5) is 0 Å². The molecular formula is C14H20N4O4S2. The Morgan fingerprint density at radius 3 is 2.62 bits per heavy atom. The molecule has 2 aromatic rings. The average Bonchev–Trinajstić information content (AvgIpc) is 3.01. The lowest BCUT2D eigenvalue weighted by Crippen LogP contribution is -2.41. The number of esters is 1. The first-order valence-corrected chi connectivity index (χ1v) is 10.1. The van der Waals surface area contributed by atoms with E-state index in [4.69, 9.17) is 4.74 Å². The largest absolute Gasteiger partial charge is 0.466 e. The zero-order chi connectivity index (χ0) is 17.5. The van der Waals surface area contributed by atoms with Crippen molar-refractivity contribution in [1.82, 2.24) is 18.9 Å². The number of imidazole rings is 1. The summed E-state index contributed by atoms with van der Waals surface area (Å²) in [6.07, 6.45) is 0.935. The summed E-state index contributed by atoms with van der Waals surface area (Å²) in [4.78, 5) is 16.7. The highest BCUT2D eigenvalue weighted by atomic mass is 32.2. The number of rotatable bonds is 4. The molecule has 0 spiro atoms. The molecule has 0 aliphatic carbocycles. The second-order valence-electron chi connectivity index (χ2n) is 5.75. The highest BCUT2D eigenvalue weighted by Gasteiger charge is 2.36. The predicted octanol–water partition coefficient (Wildman–Crippen LogP) is 1.37. The number of ether oxygens (including phenoxy) is 1. The summed E-state index contributed by atoms with van der Waals surface area (Å²) >= 11 is 1.36. The van der Waals surface area contributed by atoms with Crippen LogP contribution in [0.1, 0.15) is 30.5 Å². The minimum absolute atomic E-state index is 0.122. The number of hydrogen-bond acceptors (Lipinski definition) is 7. The molecule has 1 aliphatic heterocycles. The lowest BCUT2D eigenvalue weighted by molar-refractivity contribution is -0.149. The Labute approximate surface area is 144 Å². The maximum absolute atomic E-state index is 13.0. The first-order chi connectivity index (χ1) is 11.3. The van der Waals surface area contributed by atoms with Gasteiger partial charge in [0.1, 0.15) is 5.01 Å². The fraction of sp³-hybridized carbons (Fsp3) is 0.643. The van der Waals surface area contributed by atoms with Crippen LogP contribution in [-0.2, 0) is 19.6 Å². The third-order valence-corrected chi connectivity index (χ3v) is 6.91. The molecule has 0 N–H and O–H groups in total. The molecule has 3 heterocycles. The van der Waals surface area contributed by atoms with Crippen molar-refractivity contribution in [3.63, 3.8) is 0 Å². The third-order valence-electron chi connectivity index (χ3n) is 4.08. The molecule has 1 aliphatic rings.